The number of fused-ring (bicyclic) bond motifs is 2. The molecule has 4 aromatic rings. The SMILES string of the molecule is O=C(CC1OC(n2cnc3c(NC(=O)c4ccccc4)ncnc32)C2OS(=O)(=O)OC12F)Oc1ccccc1. The number of halogens is 1. The van der Waals surface area contributed by atoms with Crippen molar-refractivity contribution in [1.29, 1.82) is 0 Å². The summed E-state index contributed by atoms with van der Waals surface area (Å²) in [6, 6.07) is 16.4. The molecule has 200 valence electrons. The first-order valence-corrected chi connectivity index (χ1v) is 12.8. The van der Waals surface area contributed by atoms with Crippen molar-refractivity contribution in [3.05, 3.63) is 78.9 Å². The number of alkyl halides is 1. The molecule has 2 aromatic carbocycles. The summed E-state index contributed by atoms with van der Waals surface area (Å²) in [5.41, 5.74) is 0.557. The summed E-state index contributed by atoms with van der Waals surface area (Å²) < 4.78 is 61.9. The smallest absolute Gasteiger partial charge is 0.403 e. The number of benzene rings is 2. The van der Waals surface area contributed by atoms with Gasteiger partial charge < -0.3 is 14.8 Å². The first kappa shape index (κ1) is 25.0. The topological polar surface area (TPSA) is 161 Å². The second kappa shape index (κ2) is 9.46. The van der Waals surface area contributed by atoms with Crippen molar-refractivity contribution in [3.63, 3.8) is 0 Å². The lowest BCUT2D eigenvalue weighted by Crippen LogP contribution is -2.42. The molecule has 0 spiro atoms. The van der Waals surface area contributed by atoms with Crippen LogP contribution in [0.5, 0.6) is 5.75 Å². The summed E-state index contributed by atoms with van der Waals surface area (Å²) in [6.45, 7) is 0. The quantitative estimate of drug-likeness (QED) is 0.275. The molecule has 4 heterocycles. The number of hydrogen-bond donors (Lipinski definition) is 1. The highest BCUT2D eigenvalue weighted by Gasteiger charge is 2.69. The zero-order valence-electron chi connectivity index (χ0n) is 19.7. The predicted molar refractivity (Wildman–Crippen MR) is 129 cm³/mol. The third kappa shape index (κ3) is 4.61. The van der Waals surface area contributed by atoms with Gasteiger partial charge in [-0.2, -0.15) is 8.42 Å². The van der Waals surface area contributed by atoms with Gasteiger partial charge >= 0.3 is 16.4 Å². The molecule has 15 heteroatoms. The predicted octanol–water partition coefficient (Wildman–Crippen LogP) is 2.30. The molecule has 2 aliphatic heterocycles. The van der Waals surface area contributed by atoms with Crippen LogP contribution in [-0.2, 0) is 28.3 Å². The maximum absolute atomic E-state index is 16.1. The van der Waals surface area contributed by atoms with Gasteiger partial charge in [-0.15, -0.1) is 0 Å². The van der Waals surface area contributed by atoms with Crippen LogP contribution in [0.4, 0.5) is 10.2 Å². The number of ether oxygens (including phenoxy) is 2. The van der Waals surface area contributed by atoms with E-state index in [1.165, 1.54) is 23.0 Å². The molecular weight excluding hydrogens is 537 g/mol. The number of para-hydroxylation sites is 1. The van der Waals surface area contributed by atoms with Crippen LogP contribution in [-0.4, -0.2) is 57.9 Å². The lowest BCUT2D eigenvalue weighted by atomic mass is 10.1. The van der Waals surface area contributed by atoms with Crippen molar-refractivity contribution in [2.24, 2.45) is 0 Å². The van der Waals surface area contributed by atoms with Crippen LogP contribution in [0.25, 0.3) is 11.2 Å². The maximum Gasteiger partial charge on any atom is 0.403 e. The number of hydrogen-bond acceptors (Lipinski definition) is 11. The highest BCUT2D eigenvalue weighted by molar-refractivity contribution is 7.82. The summed E-state index contributed by atoms with van der Waals surface area (Å²) in [5.74, 6) is -4.14. The van der Waals surface area contributed by atoms with Gasteiger partial charge in [-0.3, -0.25) is 14.2 Å². The summed E-state index contributed by atoms with van der Waals surface area (Å²) in [6.07, 6.45) is -3.40. The molecule has 0 saturated carbocycles. The molecule has 6 rings (SSSR count). The van der Waals surface area contributed by atoms with E-state index in [0.717, 1.165) is 6.33 Å². The number of esters is 1. The second-order valence-corrected chi connectivity index (χ2v) is 9.75. The molecule has 39 heavy (non-hydrogen) atoms. The molecule has 2 aromatic heterocycles. The van der Waals surface area contributed by atoms with Crippen LogP contribution in [0, 0.1) is 0 Å². The zero-order chi connectivity index (χ0) is 27.2. The van der Waals surface area contributed by atoms with Crippen molar-refractivity contribution >= 4 is 39.3 Å². The molecule has 2 fully saturated rings. The number of rotatable bonds is 6. The Morgan fingerprint density at radius 2 is 1.77 bits per heavy atom. The van der Waals surface area contributed by atoms with Crippen LogP contribution in [0.3, 0.4) is 0 Å². The minimum absolute atomic E-state index is 0.0521. The summed E-state index contributed by atoms with van der Waals surface area (Å²) in [4.78, 5) is 37.6. The molecule has 1 amide bonds. The molecule has 2 saturated heterocycles. The van der Waals surface area contributed by atoms with Crippen molar-refractivity contribution in [2.45, 2.75) is 30.7 Å². The van der Waals surface area contributed by atoms with Gasteiger partial charge in [0.15, 0.2) is 29.3 Å². The minimum Gasteiger partial charge on any atom is -0.426 e. The number of imidazole rings is 1. The van der Waals surface area contributed by atoms with Crippen molar-refractivity contribution < 1.29 is 40.2 Å². The highest BCUT2D eigenvalue weighted by Crippen LogP contribution is 2.50. The normalized spacial score (nSPS) is 25.3. The van der Waals surface area contributed by atoms with Gasteiger partial charge in [0.25, 0.3) is 11.8 Å². The molecule has 0 aliphatic carbocycles. The third-order valence-corrected chi connectivity index (χ3v) is 6.97. The Hall–Kier alpha value is -4.31. The van der Waals surface area contributed by atoms with Gasteiger partial charge in [0.05, 0.1) is 12.7 Å². The Balaban J connectivity index is 1.29. The molecule has 0 bridgehead atoms. The largest absolute Gasteiger partial charge is 0.426 e. The van der Waals surface area contributed by atoms with E-state index in [1.807, 2.05) is 0 Å². The monoisotopic (exact) mass is 555 g/mol. The number of nitrogens with zero attached hydrogens (tertiary/aromatic N) is 4. The summed E-state index contributed by atoms with van der Waals surface area (Å²) in [5, 5.41) is 2.64. The zero-order valence-corrected chi connectivity index (χ0v) is 20.5. The lowest BCUT2D eigenvalue weighted by molar-refractivity contribution is -0.149. The third-order valence-electron chi connectivity index (χ3n) is 6.07. The number of carbonyl (C=O) groups is 2. The number of nitrogens with one attached hydrogen (secondary N) is 1. The fraction of sp³-hybridized carbons (Fsp3) is 0.208. The van der Waals surface area contributed by atoms with Crippen LogP contribution < -0.4 is 10.1 Å². The number of aromatic nitrogens is 4. The van der Waals surface area contributed by atoms with Gasteiger partial charge in [-0.1, -0.05) is 36.4 Å². The van der Waals surface area contributed by atoms with E-state index in [9.17, 15) is 18.0 Å². The molecular formula is C24H18FN5O8S. The number of amides is 1. The summed E-state index contributed by atoms with van der Waals surface area (Å²) in [7, 11) is -4.75. The first-order valence-electron chi connectivity index (χ1n) is 11.5. The Kier molecular flexibility index (Phi) is 6.06. The lowest BCUT2D eigenvalue weighted by Gasteiger charge is -2.19. The number of anilines is 1. The number of carbonyl (C=O) groups excluding carboxylic acids is 2. The highest BCUT2D eigenvalue weighted by atomic mass is 32.3. The van der Waals surface area contributed by atoms with Gasteiger partial charge in [0.2, 0.25) is 0 Å². The summed E-state index contributed by atoms with van der Waals surface area (Å²) >= 11 is 0. The van der Waals surface area contributed by atoms with Crippen molar-refractivity contribution in [2.75, 3.05) is 5.32 Å². The van der Waals surface area contributed by atoms with E-state index in [4.69, 9.17) is 13.7 Å². The molecule has 13 nitrogen and oxygen atoms in total. The molecule has 4 atom stereocenters. The fourth-order valence-corrected chi connectivity index (χ4v) is 5.37. The molecule has 4 unspecified atom stereocenters. The van der Waals surface area contributed by atoms with Crippen molar-refractivity contribution in [1.82, 2.24) is 19.5 Å². The van der Waals surface area contributed by atoms with E-state index in [-0.39, 0.29) is 22.7 Å². The first-order chi connectivity index (χ1) is 18.7. The fourth-order valence-electron chi connectivity index (χ4n) is 4.34. The van der Waals surface area contributed by atoms with E-state index in [0.29, 0.717) is 5.56 Å². The molecule has 2 aliphatic rings. The van der Waals surface area contributed by atoms with Crippen LogP contribution in [0.1, 0.15) is 23.0 Å². The maximum atomic E-state index is 16.1. The van der Waals surface area contributed by atoms with Gasteiger partial charge in [0, 0.05) is 5.56 Å². The van der Waals surface area contributed by atoms with Crippen LogP contribution in [0.15, 0.2) is 73.3 Å². The van der Waals surface area contributed by atoms with E-state index >= 15 is 4.39 Å². The minimum atomic E-state index is -4.75. The Bertz CT molecular complexity index is 1670. The standard InChI is InChI=1S/C24H18FN5O8S/c25-24-16(11-17(31)35-15-9-5-2-6-10-15)36-23(19(24)37-39(33,34)38-24)30-13-28-18-20(26-12-27-21(18)30)29-22(32)14-7-3-1-4-8-14/h1-10,12-13,16,19,23H,11H2,(H,26,27,29,32). The molecule has 0 radical (unpaired) electrons. The van der Waals surface area contributed by atoms with Crippen molar-refractivity contribution in [3.8, 4) is 5.75 Å². The van der Waals surface area contributed by atoms with Crippen LogP contribution in [0.2, 0.25) is 0 Å². The molecule has 1 N–H and O–H groups in total. The second-order valence-electron chi connectivity index (χ2n) is 8.58. The Morgan fingerprint density at radius 3 is 2.51 bits per heavy atom. The van der Waals surface area contributed by atoms with E-state index in [1.54, 1.807) is 48.5 Å². The van der Waals surface area contributed by atoms with Gasteiger partial charge in [0.1, 0.15) is 18.2 Å². The Morgan fingerprint density at radius 1 is 1.05 bits per heavy atom. The van der Waals surface area contributed by atoms with E-state index in [2.05, 4.69) is 24.5 Å². The average Bonchev–Trinajstić information content (AvgIpc) is 3.53. The van der Waals surface area contributed by atoms with E-state index < -0.39 is 53.0 Å². The van der Waals surface area contributed by atoms with Crippen LogP contribution >= 0.6 is 0 Å². The van der Waals surface area contributed by atoms with Gasteiger partial charge in [-0.25, -0.2) is 27.7 Å². The van der Waals surface area contributed by atoms with Gasteiger partial charge in [-0.05, 0) is 24.3 Å². The average molecular weight is 556 g/mol. The Labute approximate surface area is 219 Å².